The fourth-order valence-electron chi connectivity index (χ4n) is 4.96. The van der Waals surface area contributed by atoms with Gasteiger partial charge in [-0.3, -0.25) is 4.79 Å². The van der Waals surface area contributed by atoms with Crippen molar-refractivity contribution < 1.29 is 14.3 Å². The maximum Gasteiger partial charge on any atom is 0.228 e. The minimum Gasteiger partial charge on any atom is -0.381 e. The van der Waals surface area contributed by atoms with Gasteiger partial charge in [-0.15, -0.1) is 11.3 Å². The zero-order valence-electron chi connectivity index (χ0n) is 15.2. The second-order valence-electron chi connectivity index (χ2n) is 8.07. The maximum absolute atomic E-state index is 12.8. The van der Waals surface area contributed by atoms with Gasteiger partial charge in [-0.2, -0.15) is 0 Å². The van der Waals surface area contributed by atoms with E-state index in [1.54, 1.807) is 0 Å². The minimum atomic E-state index is 0.0764. The molecule has 2 unspecified atom stereocenters. The highest BCUT2D eigenvalue weighted by molar-refractivity contribution is 7.15. The number of likely N-dealkylation sites (tertiary alicyclic amines) is 1. The van der Waals surface area contributed by atoms with Crippen molar-refractivity contribution >= 4 is 22.4 Å². The van der Waals surface area contributed by atoms with Crippen molar-refractivity contribution in [1.82, 2.24) is 9.88 Å². The van der Waals surface area contributed by atoms with Gasteiger partial charge in [-0.05, 0) is 32.1 Å². The van der Waals surface area contributed by atoms with E-state index in [1.165, 1.54) is 17.0 Å². The molecule has 0 N–H and O–H groups in total. The van der Waals surface area contributed by atoms with Crippen LogP contribution in [-0.2, 0) is 26.1 Å². The predicted octanol–water partition coefficient (Wildman–Crippen LogP) is 1.82. The third-order valence-corrected chi connectivity index (χ3v) is 7.65. The van der Waals surface area contributed by atoms with Crippen LogP contribution in [0.3, 0.4) is 0 Å². The molecule has 0 bridgehead atoms. The number of hydrogen-bond donors (Lipinski definition) is 0. The van der Waals surface area contributed by atoms with Crippen LogP contribution in [0.5, 0.6) is 0 Å². The predicted molar refractivity (Wildman–Crippen MR) is 99.9 cm³/mol. The Hall–Kier alpha value is -1.18. The monoisotopic (exact) mass is 377 g/mol. The van der Waals surface area contributed by atoms with Gasteiger partial charge >= 0.3 is 0 Å². The normalized spacial score (nSPS) is 31.6. The van der Waals surface area contributed by atoms with E-state index in [2.05, 4.69) is 9.80 Å². The summed E-state index contributed by atoms with van der Waals surface area (Å²) in [5, 5.41) is 1.16. The fourth-order valence-corrected chi connectivity index (χ4v) is 6.24. The number of nitrogens with zero attached hydrogens (tertiary/aromatic N) is 3. The lowest BCUT2D eigenvalue weighted by atomic mass is 9.74. The molecule has 1 amide bonds. The van der Waals surface area contributed by atoms with Crippen LogP contribution in [0.4, 0.5) is 5.13 Å². The van der Waals surface area contributed by atoms with Gasteiger partial charge < -0.3 is 19.3 Å². The highest BCUT2D eigenvalue weighted by atomic mass is 32.1. The molecule has 26 heavy (non-hydrogen) atoms. The lowest BCUT2D eigenvalue weighted by Crippen LogP contribution is -2.39. The number of aromatic nitrogens is 1. The van der Waals surface area contributed by atoms with Crippen LogP contribution in [0.2, 0.25) is 0 Å². The van der Waals surface area contributed by atoms with Gasteiger partial charge in [0.15, 0.2) is 5.13 Å². The number of morpholine rings is 1. The Balaban J connectivity index is 1.37. The first-order chi connectivity index (χ1) is 12.8. The number of ether oxygens (including phenoxy) is 2. The number of anilines is 1. The summed E-state index contributed by atoms with van der Waals surface area (Å²) in [6.07, 6.45) is 5.46. The van der Waals surface area contributed by atoms with Gasteiger partial charge in [0.05, 0.1) is 31.4 Å². The highest BCUT2D eigenvalue weighted by Crippen LogP contribution is 2.47. The fraction of sp³-hybridized carbons (Fsp3) is 0.789. The Kier molecular flexibility index (Phi) is 4.41. The second kappa shape index (κ2) is 6.77. The molecular formula is C19H27N3O3S. The lowest BCUT2D eigenvalue weighted by molar-refractivity contribution is -0.134. The molecule has 0 saturated carbocycles. The third kappa shape index (κ3) is 2.84. The Morgan fingerprint density at radius 3 is 2.85 bits per heavy atom. The molecule has 3 fully saturated rings. The van der Waals surface area contributed by atoms with Crippen LogP contribution in [0.15, 0.2) is 0 Å². The van der Waals surface area contributed by atoms with Crippen LogP contribution in [0.1, 0.15) is 36.3 Å². The molecule has 0 radical (unpaired) electrons. The van der Waals surface area contributed by atoms with Crippen LogP contribution in [-0.4, -0.2) is 68.4 Å². The van der Waals surface area contributed by atoms with Gasteiger partial charge in [0.2, 0.25) is 5.91 Å². The summed E-state index contributed by atoms with van der Waals surface area (Å²) in [7, 11) is 0. The molecule has 1 spiro atoms. The average Bonchev–Trinajstić information content (AvgIpc) is 3.42. The van der Waals surface area contributed by atoms with Crippen molar-refractivity contribution in [3.63, 3.8) is 0 Å². The molecule has 3 aliphatic heterocycles. The van der Waals surface area contributed by atoms with Crippen LogP contribution in [0.25, 0.3) is 0 Å². The van der Waals surface area contributed by atoms with Crippen molar-refractivity contribution in [3.8, 4) is 0 Å². The molecule has 2 atom stereocenters. The number of carbonyl (C=O) groups is 1. The zero-order chi connectivity index (χ0) is 17.6. The number of amides is 1. The molecule has 1 aromatic rings. The number of fused-ring (bicyclic) bond motifs is 2. The van der Waals surface area contributed by atoms with Crippen molar-refractivity contribution in [3.05, 3.63) is 10.6 Å². The summed E-state index contributed by atoms with van der Waals surface area (Å²) in [5.74, 6) is 0.377. The standard InChI is InChI=1S/C19H27N3O3S/c23-17(14-3-9-25-12-14)22-6-5-19(13-22)4-1-2-15-16(19)20-18(26-15)21-7-10-24-11-8-21/h14H,1-13H2. The Morgan fingerprint density at radius 1 is 1.15 bits per heavy atom. The number of hydrogen-bond acceptors (Lipinski definition) is 6. The van der Waals surface area contributed by atoms with E-state index in [9.17, 15) is 4.79 Å². The smallest absolute Gasteiger partial charge is 0.228 e. The van der Waals surface area contributed by atoms with Crippen molar-refractivity contribution in [2.24, 2.45) is 5.92 Å². The molecule has 4 aliphatic rings. The van der Waals surface area contributed by atoms with Crippen LogP contribution >= 0.6 is 11.3 Å². The van der Waals surface area contributed by atoms with E-state index in [0.29, 0.717) is 12.5 Å². The van der Waals surface area contributed by atoms with Gasteiger partial charge in [0.1, 0.15) is 0 Å². The number of carbonyl (C=O) groups excluding carboxylic acids is 1. The van der Waals surface area contributed by atoms with Crippen LogP contribution in [0, 0.1) is 5.92 Å². The van der Waals surface area contributed by atoms with Gasteiger partial charge in [-0.25, -0.2) is 4.98 Å². The van der Waals surface area contributed by atoms with E-state index >= 15 is 0 Å². The van der Waals surface area contributed by atoms with E-state index in [0.717, 1.165) is 76.8 Å². The molecule has 1 aliphatic carbocycles. The summed E-state index contributed by atoms with van der Waals surface area (Å²) in [6.45, 7) is 6.51. The van der Waals surface area contributed by atoms with E-state index in [-0.39, 0.29) is 11.3 Å². The average molecular weight is 378 g/mol. The van der Waals surface area contributed by atoms with E-state index in [4.69, 9.17) is 14.5 Å². The van der Waals surface area contributed by atoms with Crippen molar-refractivity contribution in [1.29, 1.82) is 0 Å². The summed E-state index contributed by atoms with van der Waals surface area (Å²) in [5.41, 5.74) is 1.39. The molecule has 3 saturated heterocycles. The topological polar surface area (TPSA) is 54.9 Å². The maximum atomic E-state index is 12.8. The number of rotatable bonds is 2. The lowest BCUT2D eigenvalue weighted by Gasteiger charge is -2.32. The summed E-state index contributed by atoms with van der Waals surface area (Å²) in [6, 6.07) is 0. The first kappa shape index (κ1) is 17.0. The molecule has 7 heteroatoms. The molecule has 0 aromatic carbocycles. The Morgan fingerprint density at radius 2 is 2.04 bits per heavy atom. The first-order valence-electron chi connectivity index (χ1n) is 9.95. The molecule has 142 valence electrons. The largest absolute Gasteiger partial charge is 0.381 e. The zero-order valence-corrected chi connectivity index (χ0v) is 16.1. The number of thiazole rings is 1. The van der Waals surface area contributed by atoms with Gasteiger partial charge in [-0.1, -0.05) is 0 Å². The van der Waals surface area contributed by atoms with Gasteiger partial charge in [0.25, 0.3) is 0 Å². The third-order valence-electron chi connectivity index (χ3n) is 6.47. The van der Waals surface area contributed by atoms with E-state index in [1.807, 2.05) is 11.3 Å². The molecule has 6 nitrogen and oxygen atoms in total. The minimum absolute atomic E-state index is 0.0764. The Bertz CT molecular complexity index is 682. The van der Waals surface area contributed by atoms with Crippen molar-refractivity contribution in [2.45, 2.75) is 37.5 Å². The van der Waals surface area contributed by atoms with Crippen LogP contribution < -0.4 is 4.90 Å². The summed E-state index contributed by atoms with van der Waals surface area (Å²) < 4.78 is 10.9. The first-order valence-corrected chi connectivity index (χ1v) is 10.8. The van der Waals surface area contributed by atoms with Gasteiger partial charge in [0, 0.05) is 43.1 Å². The summed E-state index contributed by atoms with van der Waals surface area (Å²) in [4.78, 5) is 23.9. The highest BCUT2D eigenvalue weighted by Gasteiger charge is 2.47. The SMILES string of the molecule is O=C(C1CCOC1)N1CCC2(CCCc3sc(N4CCOCC4)nc32)C1. The molecule has 1 aromatic heterocycles. The summed E-state index contributed by atoms with van der Waals surface area (Å²) >= 11 is 1.87. The molecule has 4 heterocycles. The number of aryl methyl sites for hydroxylation is 1. The Labute approximate surface area is 158 Å². The van der Waals surface area contributed by atoms with Crippen molar-refractivity contribution in [2.75, 3.05) is 57.5 Å². The quantitative estimate of drug-likeness (QED) is 0.787. The molecule has 5 rings (SSSR count). The van der Waals surface area contributed by atoms with E-state index < -0.39 is 0 Å². The second-order valence-corrected chi connectivity index (χ2v) is 9.13. The molecular weight excluding hydrogens is 350 g/mol.